The molecule has 0 spiro atoms. The molecule has 1 aromatic carbocycles. The minimum atomic E-state index is -0.745. The van der Waals surface area contributed by atoms with Crippen LogP contribution in [0.25, 0.3) is 6.08 Å². The highest BCUT2D eigenvalue weighted by atomic mass is 32.1. The Bertz CT molecular complexity index is 1420. The summed E-state index contributed by atoms with van der Waals surface area (Å²) in [6, 6.07) is 9.49. The number of carbonyl (C=O) groups excluding carboxylic acids is 2. The average Bonchev–Trinajstić information content (AvgIpc) is 3.29. The highest BCUT2D eigenvalue weighted by Crippen LogP contribution is 2.31. The van der Waals surface area contributed by atoms with Crippen molar-refractivity contribution in [1.29, 1.82) is 0 Å². The van der Waals surface area contributed by atoms with Gasteiger partial charge in [0.05, 0.1) is 29.0 Å². The number of furan rings is 1. The number of ether oxygens (including phenoxy) is 2. The predicted octanol–water partition coefficient (Wildman–Crippen LogP) is 2.23. The van der Waals surface area contributed by atoms with Gasteiger partial charge in [0.15, 0.2) is 4.80 Å². The van der Waals surface area contributed by atoms with Gasteiger partial charge in [-0.3, -0.25) is 14.2 Å². The lowest BCUT2D eigenvalue weighted by atomic mass is 9.96. The van der Waals surface area contributed by atoms with Gasteiger partial charge >= 0.3 is 11.9 Å². The predicted molar refractivity (Wildman–Crippen MR) is 117 cm³/mol. The highest BCUT2D eigenvalue weighted by Gasteiger charge is 2.33. The van der Waals surface area contributed by atoms with Gasteiger partial charge in [0.1, 0.15) is 17.3 Å². The van der Waals surface area contributed by atoms with Gasteiger partial charge in [0, 0.05) is 13.0 Å². The Labute approximate surface area is 186 Å². The molecule has 3 aromatic rings. The molecule has 1 unspecified atom stereocenters. The number of benzene rings is 1. The molecule has 164 valence electrons. The second kappa shape index (κ2) is 8.43. The fourth-order valence-electron chi connectivity index (χ4n) is 3.55. The van der Waals surface area contributed by atoms with Crippen LogP contribution in [0.5, 0.6) is 5.75 Å². The first kappa shape index (κ1) is 21.5. The quantitative estimate of drug-likeness (QED) is 0.445. The van der Waals surface area contributed by atoms with Crippen molar-refractivity contribution in [3.63, 3.8) is 0 Å². The number of fused-ring (bicyclic) bond motifs is 1. The summed E-state index contributed by atoms with van der Waals surface area (Å²) < 4.78 is 17.6. The van der Waals surface area contributed by atoms with E-state index in [9.17, 15) is 14.4 Å². The largest absolute Gasteiger partial charge is 0.466 e. The van der Waals surface area contributed by atoms with E-state index in [1.165, 1.54) is 29.9 Å². The molecule has 1 aliphatic heterocycles. The molecule has 0 amide bonds. The molecule has 3 heterocycles. The number of esters is 2. The van der Waals surface area contributed by atoms with Crippen LogP contribution in [0.4, 0.5) is 0 Å². The zero-order valence-corrected chi connectivity index (χ0v) is 18.7. The van der Waals surface area contributed by atoms with Crippen molar-refractivity contribution < 1.29 is 23.5 Å². The molecule has 2 aromatic heterocycles. The number of aromatic nitrogens is 1. The summed E-state index contributed by atoms with van der Waals surface area (Å²) in [5, 5.41) is 0. The topological polar surface area (TPSA) is 100 Å². The summed E-state index contributed by atoms with van der Waals surface area (Å²) in [5.74, 6) is 0.640. The van der Waals surface area contributed by atoms with Crippen molar-refractivity contribution in [2.75, 3.05) is 7.11 Å². The van der Waals surface area contributed by atoms with Gasteiger partial charge in [0.25, 0.3) is 5.56 Å². The van der Waals surface area contributed by atoms with Crippen molar-refractivity contribution in [1.82, 2.24) is 4.57 Å². The zero-order valence-electron chi connectivity index (χ0n) is 17.9. The van der Waals surface area contributed by atoms with Crippen LogP contribution >= 0.6 is 11.3 Å². The normalized spacial score (nSPS) is 15.9. The van der Waals surface area contributed by atoms with Crippen molar-refractivity contribution in [2.24, 2.45) is 4.99 Å². The summed E-state index contributed by atoms with van der Waals surface area (Å²) in [5.41, 5.74) is 1.08. The van der Waals surface area contributed by atoms with Gasteiger partial charge < -0.3 is 13.9 Å². The fourth-order valence-corrected chi connectivity index (χ4v) is 4.58. The third kappa shape index (κ3) is 3.94. The van der Waals surface area contributed by atoms with Gasteiger partial charge in [-0.2, -0.15) is 0 Å². The second-order valence-corrected chi connectivity index (χ2v) is 8.19. The van der Waals surface area contributed by atoms with E-state index in [1.807, 2.05) is 13.0 Å². The highest BCUT2D eigenvalue weighted by molar-refractivity contribution is 7.07. The van der Waals surface area contributed by atoms with E-state index in [0.717, 1.165) is 5.76 Å². The second-order valence-electron chi connectivity index (χ2n) is 7.18. The Morgan fingerprint density at radius 3 is 2.47 bits per heavy atom. The Hall–Kier alpha value is -3.72. The summed E-state index contributed by atoms with van der Waals surface area (Å²) in [4.78, 5) is 42.2. The maximum absolute atomic E-state index is 13.4. The van der Waals surface area contributed by atoms with Gasteiger partial charge in [-0.1, -0.05) is 23.5 Å². The Morgan fingerprint density at radius 2 is 1.88 bits per heavy atom. The van der Waals surface area contributed by atoms with E-state index in [1.54, 1.807) is 43.3 Å². The standard InChI is InChI=1S/C23H20N2O6S/c1-12-5-8-17(30-12)11-18-21(27)25-20(15-6-9-16(10-7-15)31-14(3)26)19(22(28)29-4)13(2)24-23(25)32-18/h5-11,20H,1-4H3/b18-11-. The molecule has 4 rings (SSSR count). The number of hydrogen-bond acceptors (Lipinski definition) is 8. The molecule has 32 heavy (non-hydrogen) atoms. The van der Waals surface area contributed by atoms with E-state index < -0.39 is 18.0 Å². The Morgan fingerprint density at radius 1 is 1.16 bits per heavy atom. The van der Waals surface area contributed by atoms with Crippen LogP contribution in [0, 0.1) is 6.92 Å². The first-order valence-electron chi connectivity index (χ1n) is 9.74. The number of nitrogens with zero attached hydrogens (tertiary/aromatic N) is 2. The van der Waals surface area contributed by atoms with Crippen LogP contribution in [0.3, 0.4) is 0 Å². The van der Waals surface area contributed by atoms with Gasteiger partial charge in [0.2, 0.25) is 0 Å². The monoisotopic (exact) mass is 452 g/mol. The molecule has 9 heteroatoms. The van der Waals surface area contributed by atoms with Crippen LogP contribution in [-0.4, -0.2) is 23.6 Å². The molecule has 0 bridgehead atoms. The summed E-state index contributed by atoms with van der Waals surface area (Å²) in [6.07, 6.45) is 1.66. The summed E-state index contributed by atoms with van der Waals surface area (Å²) >= 11 is 1.21. The first-order chi connectivity index (χ1) is 15.3. The lowest BCUT2D eigenvalue weighted by Crippen LogP contribution is -2.39. The number of allylic oxidation sites excluding steroid dienone is 1. The molecule has 8 nitrogen and oxygen atoms in total. The molecule has 0 radical (unpaired) electrons. The molecular weight excluding hydrogens is 432 g/mol. The summed E-state index contributed by atoms with van der Waals surface area (Å²) in [6.45, 7) is 4.84. The SMILES string of the molecule is COC(=O)C1=C(C)N=c2s/c(=C\c3ccc(C)o3)c(=O)n2C1c1ccc(OC(C)=O)cc1. The molecule has 0 saturated heterocycles. The lowest BCUT2D eigenvalue weighted by Gasteiger charge is -2.24. The fraction of sp³-hybridized carbons (Fsp3) is 0.217. The third-order valence-electron chi connectivity index (χ3n) is 4.92. The third-order valence-corrected chi connectivity index (χ3v) is 5.90. The molecule has 0 N–H and O–H groups in total. The molecule has 0 aliphatic carbocycles. The lowest BCUT2D eigenvalue weighted by molar-refractivity contribution is -0.136. The number of rotatable bonds is 4. The number of carbonyl (C=O) groups is 2. The van der Waals surface area contributed by atoms with Gasteiger partial charge in [-0.05, 0) is 43.7 Å². The maximum atomic E-state index is 13.4. The molecule has 1 atom stereocenters. The van der Waals surface area contributed by atoms with Crippen molar-refractivity contribution in [3.8, 4) is 5.75 Å². The van der Waals surface area contributed by atoms with Crippen molar-refractivity contribution >= 4 is 29.4 Å². The molecule has 0 fully saturated rings. The van der Waals surface area contributed by atoms with E-state index in [4.69, 9.17) is 13.9 Å². The Kier molecular flexibility index (Phi) is 5.67. The van der Waals surface area contributed by atoms with Gasteiger partial charge in [-0.15, -0.1) is 0 Å². The van der Waals surface area contributed by atoms with Crippen molar-refractivity contribution in [3.05, 3.63) is 84.4 Å². The maximum Gasteiger partial charge on any atom is 0.338 e. The van der Waals surface area contributed by atoms with E-state index in [-0.39, 0.29) is 11.1 Å². The smallest absolute Gasteiger partial charge is 0.338 e. The number of thiazole rings is 1. The minimum absolute atomic E-state index is 0.264. The van der Waals surface area contributed by atoms with E-state index >= 15 is 0 Å². The summed E-state index contributed by atoms with van der Waals surface area (Å²) in [7, 11) is 1.29. The number of hydrogen-bond donors (Lipinski definition) is 0. The minimum Gasteiger partial charge on any atom is -0.466 e. The van der Waals surface area contributed by atoms with Crippen LogP contribution in [0.2, 0.25) is 0 Å². The van der Waals surface area contributed by atoms with E-state index in [0.29, 0.717) is 32.1 Å². The molecule has 0 saturated carbocycles. The Balaban J connectivity index is 1.91. The van der Waals surface area contributed by atoms with Crippen LogP contribution in [0.15, 0.2) is 61.9 Å². The van der Waals surface area contributed by atoms with E-state index in [2.05, 4.69) is 4.99 Å². The van der Waals surface area contributed by atoms with Crippen LogP contribution in [-0.2, 0) is 14.3 Å². The number of aryl methyl sites for hydroxylation is 1. The zero-order chi connectivity index (χ0) is 23.0. The van der Waals surface area contributed by atoms with Crippen LogP contribution in [0.1, 0.15) is 37.0 Å². The average molecular weight is 452 g/mol. The first-order valence-corrected chi connectivity index (χ1v) is 10.6. The number of methoxy groups -OCH3 is 1. The molecule has 1 aliphatic rings. The van der Waals surface area contributed by atoms with Crippen molar-refractivity contribution in [2.45, 2.75) is 26.8 Å². The van der Waals surface area contributed by atoms with Gasteiger partial charge in [-0.25, -0.2) is 9.79 Å². The van der Waals surface area contributed by atoms with Crippen LogP contribution < -0.4 is 19.6 Å². The molecular formula is C23H20N2O6S.